The lowest BCUT2D eigenvalue weighted by Crippen LogP contribution is -2.33. The number of aryl methyl sites for hydroxylation is 2. The molecule has 0 aliphatic carbocycles. The van der Waals surface area contributed by atoms with Crippen molar-refractivity contribution in [3.8, 4) is 6.07 Å². The van der Waals surface area contributed by atoms with E-state index in [1.165, 1.54) is 11.0 Å². The minimum absolute atomic E-state index is 0.112. The Morgan fingerprint density at radius 3 is 2.90 bits per heavy atom. The van der Waals surface area contributed by atoms with Crippen molar-refractivity contribution >= 4 is 34.6 Å². The van der Waals surface area contributed by atoms with Gasteiger partial charge in [0.1, 0.15) is 5.76 Å². The van der Waals surface area contributed by atoms with Crippen molar-refractivity contribution in [3.05, 3.63) is 53.9 Å². The molecule has 1 N–H and O–H groups in total. The van der Waals surface area contributed by atoms with E-state index in [1.807, 2.05) is 35.0 Å². The number of anilines is 1. The van der Waals surface area contributed by atoms with Crippen LogP contribution in [0, 0.1) is 18.3 Å². The van der Waals surface area contributed by atoms with Gasteiger partial charge in [-0.25, -0.2) is 0 Å². The molecule has 0 saturated heterocycles. The van der Waals surface area contributed by atoms with E-state index in [0.717, 1.165) is 16.5 Å². The van der Waals surface area contributed by atoms with Gasteiger partial charge in [0.15, 0.2) is 5.82 Å². The zero-order valence-corrected chi connectivity index (χ0v) is 16.3. The third-order valence-electron chi connectivity index (χ3n) is 4.34. The van der Waals surface area contributed by atoms with Crippen LogP contribution in [0.3, 0.4) is 0 Å². The lowest BCUT2D eigenvalue weighted by Gasteiger charge is -2.13. The monoisotopic (exact) mass is 391 g/mol. The number of para-hydroxylation sites is 1. The Morgan fingerprint density at radius 2 is 2.17 bits per heavy atom. The lowest BCUT2D eigenvalue weighted by atomic mass is 10.1. The van der Waals surface area contributed by atoms with Crippen LogP contribution in [-0.2, 0) is 16.1 Å². The van der Waals surface area contributed by atoms with Crippen molar-refractivity contribution in [2.45, 2.75) is 19.9 Å². The molecule has 0 radical (unpaired) electrons. The Hall–Kier alpha value is -3.86. The molecule has 29 heavy (non-hydrogen) atoms. The van der Waals surface area contributed by atoms with Gasteiger partial charge in [0.05, 0.1) is 19.0 Å². The van der Waals surface area contributed by atoms with Crippen LogP contribution in [0.4, 0.5) is 5.82 Å². The number of carbonyl (C=O) groups excluding carboxylic acids is 2. The first-order valence-corrected chi connectivity index (χ1v) is 9.09. The van der Waals surface area contributed by atoms with Gasteiger partial charge in [-0.2, -0.15) is 5.26 Å². The molecule has 0 fully saturated rings. The van der Waals surface area contributed by atoms with Crippen LogP contribution in [-0.4, -0.2) is 40.0 Å². The summed E-state index contributed by atoms with van der Waals surface area (Å²) in [6.07, 6.45) is 5.49. The zero-order chi connectivity index (χ0) is 20.8. The maximum atomic E-state index is 12.4. The fraction of sp³-hybridized carbons (Fsp3) is 0.238. The molecule has 2 aromatic heterocycles. The highest BCUT2D eigenvalue weighted by Gasteiger charge is 2.13. The van der Waals surface area contributed by atoms with E-state index in [2.05, 4.69) is 16.5 Å². The third kappa shape index (κ3) is 4.90. The number of hydrogen-bond acceptors (Lipinski definition) is 5. The molecule has 148 valence electrons. The van der Waals surface area contributed by atoms with Crippen molar-refractivity contribution in [3.63, 3.8) is 0 Å². The quantitative estimate of drug-likeness (QED) is 0.624. The Bertz CT molecular complexity index is 1100. The third-order valence-corrected chi connectivity index (χ3v) is 4.34. The highest BCUT2D eigenvalue weighted by Crippen LogP contribution is 2.23. The summed E-state index contributed by atoms with van der Waals surface area (Å²) in [6, 6.07) is 11.6. The lowest BCUT2D eigenvalue weighted by molar-refractivity contribution is -0.129. The average Bonchev–Trinajstić information content (AvgIpc) is 3.27. The minimum atomic E-state index is -0.365. The van der Waals surface area contributed by atoms with E-state index in [4.69, 9.17) is 9.78 Å². The summed E-state index contributed by atoms with van der Waals surface area (Å²) in [5.74, 6) is 0.233. The highest BCUT2D eigenvalue weighted by molar-refractivity contribution is 5.99. The number of nitrogens with zero attached hydrogens (tertiary/aromatic N) is 4. The predicted molar refractivity (Wildman–Crippen MR) is 109 cm³/mol. The van der Waals surface area contributed by atoms with Gasteiger partial charge in [0.2, 0.25) is 11.8 Å². The molecular formula is C21H21N5O3. The highest BCUT2D eigenvalue weighted by atomic mass is 16.5. The van der Waals surface area contributed by atoms with Crippen molar-refractivity contribution in [1.29, 1.82) is 5.26 Å². The van der Waals surface area contributed by atoms with Crippen molar-refractivity contribution < 1.29 is 14.1 Å². The maximum absolute atomic E-state index is 12.4. The van der Waals surface area contributed by atoms with Gasteiger partial charge in [-0.1, -0.05) is 23.4 Å². The van der Waals surface area contributed by atoms with E-state index >= 15 is 0 Å². The van der Waals surface area contributed by atoms with Crippen LogP contribution >= 0.6 is 0 Å². The standard InChI is InChI=1S/C21H21N5O3/c1-15-12-19(24-29-15)23-20(27)14-25(2)21(28)9-8-16-13-26(11-5-10-22)18-7-4-3-6-17(16)18/h3-4,6-9,12-13H,5,11,14H2,1-2H3,(H,23,24,27)/b9-8+. The predicted octanol–water partition coefficient (Wildman–Crippen LogP) is 2.96. The van der Waals surface area contributed by atoms with Gasteiger partial charge in [-0.3, -0.25) is 9.59 Å². The summed E-state index contributed by atoms with van der Waals surface area (Å²) < 4.78 is 6.89. The molecule has 1 aromatic carbocycles. The van der Waals surface area contributed by atoms with Crippen LogP contribution in [0.5, 0.6) is 0 Å². The fourth-order valence-electron chi connectivity index (χ4n) is 2.95. The smallest absolute Gasteiger partial charge is 0.246 e. The van der Waals surface area contributed by atoms with Crippen LogP contribution < -0.4 is 5.32 Å². The van der Waals surface area contributed by atoms with Crippen molar-refractivity contribution in [2.24, 2.45) is 0 Å². The van der Waals surface area contributed by atoms with E-state index in [1.54, 1.807) is 26.1 Å². The summed E-state index contributed by atoms with van der Waals surface area (Å²) in [4.78, 5) is 25.8. The number of likely N-dealkylation sites (N-methyl/N-ethyl adjacent to an activating group) is 1. The summed E-state index contributed by atoms with van der Waals surface area (Å²) in [6.45, 7) is 2.19. The Kier molecular flexibility index (Phi) is 6.09. The van der Waals surface area contributed by atoms with Crippen molar-refractivity contribution in [2.75, 3.05) is 18.9 Å². The topological polar surface area (TPSA) is 104 Å². The molecule has 0 aliphatic heterocycles. The first kappa shape index (κ1) is 19.9. The zero-order valence-electron chi connectivity index (χ0n) is 16.3. The Morgan fingerprint density at radius 1 is 1.38 bits per heavy atom. The molecular weight excluding hydrogens is 370 g/mol. The van der Waals surface area contributed by atoms with Gasteiger partial charge in [-0.15, -0.1) is 0 Å². The summed E-state index contributed by atoms with van der Waals surface area (Å²) >= 11 is 0. The van der Waals surface area contributed by atoms with Crippen LogP contribution in [0.25, 0.3) is 17.0 Å². The second-order valence-electron chi connectivity index (χ2n) is 6.60. The summed E-state index contributed by atoms with van der Waals surface area (Å²) in [5, 5.41) is 16.1. The van der Waals surface area contributed by atoms with E-state index in [0.29, 0.717) is 24.5 Å². The second kappa shape index (κ2) is 8.89. The number of aromatic nitrogens is 2. The van der Waals surface area contributed by atoms with Crippen LogP contribution in [0.2, 0.25) is 0 Å². The van der Waals surface area contributed by atoms with Gasteiger partial charge in [0.25, 0.3) is 0 Å². The Balaban J connectivity index is 1.66. The number of nitriles is 1. The number of benzene rings is 1. The molecule has 0 bridgehead atoms. The van der Waals surface area contributed by atoms with Gasteiger partial charge < -0.3 is 19.3 Å². The van der Waals surface area contributed by atoms with Gasteiger partial charge in [-0.05, 0) is 19.1 Å². The molecule has 2 heterocycles. The molecule has 0 atom stereocenters. The molecule has 8 heteroatoms. The molecule has 2 amide bonds. The first-order chi connectivity index (χ1) is 14.0. The van der Waals surface area contributed by atoms with E-state index in [9.17, 15) is 9.59 Å². The molecule has 0 aliphatic rings. The molecule has 0 saturated carbocycles. The number of rotatable bonds is 7. The molecule has 8 nitrogen and oxygen atoms in total. The van der Waals surface area contributed by atoms with Crippen molar-refractivity contribution in [1.82, 2.24) is 14.6 Å². The van der Waals surface area contributed by atoms with Gasteiger partial charge >= 0.3 is 0 Å². The number of hydrogen-bond donors (Lipinski definition) is 1. The second-order valence-corrected chi connectivity index (χ2v) is 6.60. The summed E-state index contributed by atoms with van der Waals surface area (Å²) in [5.41, 5.74) is 1.88. The first-order valence-electron chi connectivity index (χ1n) is 9.09. The fourth-order valence-corrected chi connectivity index (χ4v) is 2.95. The van der Waals surface area contributed by atoms with Crippen LogP contribution in [0.1, 0.15) is 17.7 Å². The molecule has 0 unspecified atom stereocenters. The number of carbonyl (C=O) groups is 2. The van der Waals surface area contributed by atoms with E-state index in [-0.39, 0.29) is 18.4 Å². The largest absolute Gasteiger partial charge is 0.360 e. The number of fused-ring (bicyclic) bond motifs is 1. The maximum Gasteiger partial charge on any atom is 0.246 e. The number of amides is 2. The van der Waals surface area contributed by atoms with E-state index < -0.39 is 0 Å². The molecule has 3 aromatic rings. The normalized spacial score (nSPS) is 10.9. The molecule has 3 rings (SSSR count). The summed E-state index contributed by atoms with van der Waals surface area (Å²) in [7, 11) is 1.55. The van der Waals surface area contributed by atoms with Gasteiger partial charge in [0, 0.05) is 48.4 Å². The van der Waals surface area contributed by atoms with Crippen LogP contribution in [0.15, 0.2) is 47.1 Å². The molecule has 0 spiro atoms. The average molecular weight is 391 g/mol. The number of nitrogens with one attached hydrogen (secondary N) is 1. The minimum Gasteiger partial charge on any atom is -0.360 e. The SMILES string of the molecule is Cc1cc(NC(=O)CN(C)C(=O)/C=C/c2cn(CCC#N)c3ccccc23)no1. The Labute approximate surface area is 168 Å².